The van der Waals surface area contributed by atoms with Gasteiger partial charge in [-0.15, -0.1) is 0 Å². The minimum atomic E-state index is -0.745. The fourth-order valence-electron chi connectivity index (χ4n) is 0.483. The van der Waals surface area contributed by atoms with Gasteiger partial charge in [-0.3, -0.25) is 9.59 Å². The number of carboxylic acid groups (broad SMARTS) is 1. The van der Waals surface area contributed by atoms with Crippen molar-refractivity contribution in [3.05, 3.63) is 0 Å². The molecule has 16 heavy (non-hydrogen) atoms. The molecule has 0 saturated heterocycles. The third-order valence-electron chi connectivity index (χ3n) is 1.32. The largest absolute Gasteiger partial charge is 0.481 e. The molecule has 0 amide bonds. The predicted molar refractivity (Wildman–Crippen MR) is 57.1 cm³/mol. The van der Waals surface area contributed by atoms with Crippen molar-refractivity contribution in [3.63, 3.8) is 0 Å². The number of hydrogen-bond acceptors (Lipinski definition) is 5. The highest BCUT2D eigenvalue weighted by atomic mass is 16.6. The maximum Gasteiger partial charge on any atom is 0.305 e. The molecule has 0 aliphatic carbocycles. The lowest BCUT2D eigenvalue weighted by Crippen LogP contribution is -2.10. The first-order valence-corrected chi connectivity index (χ1v) is 5.14. The first-order chi connectivity index (χ1) is 7.58. The van der Waals surface area contributed by atoms with Gasteiger partial charge in [-0.2, -0.15) is 0 Å². The summed E-state index contributed by atoms with van der Waals surface area (Å²) in [6, 6.07) is 0. The van der Waals surface area contributed by atoms with Gasteiger partial charge in [0.2, 0.25) is 0 Å². The van der Waals surface area contributed by atoms with Gasteiger partial charge in [-0.25, -0.2) is 0 Å². The minimum Gasteiger partial charge on any atom is -0.481 e. The first-order valence-electron chi connectivity index (χ1n) is 5.14. The molecule has 0 aliphatic heterocycles. The highest BCUT2D eigenvalue weighted by Gasteiger charge is 1.96. The second-order valence-corrected chi connectivity index (χ2v) is 2.66. The van der Waals surface area contributed by atoms with Crippen molar-refractivity contribution >= 4 is 11.9 Å². The maximum absolute atomic E-state index is 10.5. The van der Waals surface area contributed by atoms with E-state index in [1.807, 2.05) is 0 Å². The van der Waals surface area contributed by atoms with Crippen LogP contribution < -0.4 is 0 Å². The molecule has 0 aromatic rings. The summed E-state index contributed by atoms with van der Waals surface area (Å²) in [5.41, 5.74) is 0. The zero-order valence-corrected chi connectivity index (χ0v) is 9.77. The molecule has 0 radical (unpaired) electrons. The molecule has 0 heterocycles. The van der Waals surface area contributed by atoms with Crippen LogP contribution in [0.1, 0.15) is 26.7 Å². The fourth-order valence-corrected chi connectivity index (χ4v) is 0.483. The van der Waals surface area contributed by atoms with E-state index in [0.29, 0.717) is 19.6 Å². The van der Waals surface area contributed by atoms with E-state index in [-0.39, 0.29) is 25.6 Å². The van der Waals surface area contributed by atoms with Gasteiger partial charge < -0.3 is 19.7 Å². The van der Waals surface area contributed by atoms with E-state index >= 15 is 0 Å². The summed E-state index contributed by atoms with van der Waals surface area (Å²) in [4.78, 5) is 19.9. The molecule has 0 spiro atoms. The highest BCUT2D eigenvalue weighted by molar-refractivity contribution is 5.68. The Labute approximate surface area is 95.2 Å². The van der Waals surface area contributed by atoms with Gasteiger partial charge in [-0.1, -0.05) is 13.8 Å². The molecule has 0 aromatic carbocycles. The summed E-state index contributed by atoms with van der Waals surface area (Å²) in [5, 5.41) is 16.0. The number of aliphatic hydroxyl groups excluding tert-OH is 1. The molecular weight excluding hydrogens is 216 g/mol. The smallest absolute Gasteiger partial charge is 0.305 e. The van der Waals surface area contributed by atoms with Gasteiger partial charge in [0, 0.05) is 12.8 Å². The fraction of sp³-hybridized carbons (Fsp3) is 0.800. The van der Waals surface area contributed by atoms with Gasteiger partial charge in [0.15, 0.2) is 0 Å². The lowest BCUT2D eigenvalue weighted by atomic mass is 10.5. The molecular formula is C10H20O6. The molecule has 96 valence electrons. The number of carbonyl (C=O) groups excluding carboxylic acids is 1. The first kappa shape index (κ1) is 17.3. The Hall–Kier alpha value is -1.14. The summed E-state index contributed by atoms with van der Waals surface area (Å²) in [6.07, 6.45) is 0.611. The number of hydrogen-bond donors (Lipinski definition) is 2. The van der Waals surface area contributed by atoms with E-state index in [1.165, 1.54) is 0 Å². The number of carboxylic acids is 1. The van der Waals surface area contributed by atoms with Gasteiger partial charge in [-0.05, 0) is 0 Å². The summed E-state index contributed by atoms with van der Waals surface area (Å²) < 4.78 is 9.54. The molecule has 0 unspecified atom stereocenters. The van der Waals surface area contributed by atoms with Crippen LogP contribution in [0.15, 0.2) is 0 Å². The van der Waals surface area contributed by atoms with Gasteiger partial charge in [0.1, 0.15) is 6.61 Å². The number of carbonyl (C=O) groups is 2. The second-order valence-electron chi connectivity index (χ2n) is 2.66. The van der Waals surface area contributed by atoms with Crippen molar-refractivity contribution in [3.8, 4) is 0 Å². The average molecular weight is 236 g/mol. The molecule has 0 rings (SSSR count). The summed E-state index contributed by atoms with van der Waals surface area (Å²) in [5.74, 6) is -0.970. The van der Waals surface area contributed by atoms with Crippen LogP contribution in [0.5, 0.6) is 0 Å². The second kappa shape index (κ2) is 13.9. The summed E-state index contributed by atoms with van der Waals surface area (Å²) >= 11 is 0. The van der Waals surface area contributed by atoms with Crippen LogP contribution >= 0.6 is 0 Å². The third kappa shape index (κ3) is 18.6. The van der Waals surface area contributed by atoms with E-state index in [2.05, 4.69) is 0 Å². The van der Waals surface area contributed by atoms with Gasteiger partial charge in [0.05, 0.1) is 19.8 Å². The zero-order valence-electron chi connectivity index (χ0n) is 9.77. The van der Waals surface area contributed by atoms with E-state index in [4.69, 9.17) is 19.7 Å². The standard InChI is InChI=1S/C7H14O4.C3H6O2/c1-2-7(9)11-6-5-10-4-3-8;1-2-3(4)5/h8H,2-6H2,1H3;2H2,1H3,(H,4,5). The van der Waals surface area contributed by atoms with E-state index in [9.17, 15) is 9.59 Å². The SMILES string of the molecule is CCC(=O)O.CCC(=O)OCCOCCO. The Morgan fingerprint density at radius 2 is 1.62 bits per heavy atom. The molecule has 0 fully saturated rings. The normalized spacial score (nSPS) is 8.94. The number of ether oxygens (including phenoxy) is 2. The monoisotopic (exact) mass is 236 g/mol. The number of esters is 1. The van der Waals surface area contributed by atoms with Crippen molar-refractivity contribution < 1.29 is 29.3 Å². The number of rotatable bonds is 7. The van der Waals surface area contributed by atoms with Crippen LogP contribution in [-0.4, -0.2) is 48.6 Å². The molecule has 0 aliphatic rings. The molecule has 6 heteroatoms. The molecule has 0 bridgehead atoms. The topological polar surface area (TPSA) is 93.1 Å². The number of aliphatic hydroxyl groups is 1. The Morgan fingerprint density at radius 1 is 1.06 bits per heavy atom. The number of aliphatic carboxylic acids is 1. The lowest BCUT2D eigenvalue weighted by molar-refractivity contribution is -0.144. The van der Waals surface area contributed by atoms with E-state index in [1.54, 1.807) is 13.8 Å². The maximum atomic E-state index is 10.5. The predicted octanol–water partition coefficient (Wildman–Crippen LogP) is 0.430. The van der Waals surface area contributed by atoms with Crippen molar-refractivity contribution in [1.82, 2.24) is 0 Å². The van der Waals surface area contributed by atoms with Crippen molar-refractivity contribution in [2.24, 2.45) is 0 Å². The zero-order chi connectivity index (χ0) is 12.8. The van der Waals surface area contributed by atoms with Crippen molar-refractivity contribution in [1.29, 1.82) is 0 Å². The quantitative estimate of drug-likeness (QED) is 0.492. The molecule has 0 aromatic heterocycles. The molecule has 0 atom stereocenters. The average Bonchev–Trinajstić information content (AvgIpc) is 2.29. The van der Waals surface area contributed by atoms with Crippen LogP contribution in [0.2, 0.25) is 0 Å². The molecule has 0 saturated carbocycles. The van der Waals surface area contributed by atoms with Crippen LogP contribution in [-0.2, 0) is 19.1 Å². The minimum absolute atomic E-state index is 0.00171. The van der Waals surface area contributed by atoms with Crippen molar-refractivity contribution in [2.45, 2.75) is 26.7 Å². The van der Waals surface area contributed by atoms with Gasteiger partial charge in [0.25, 0.3) is 0 Å². The van der Waals surface area contributed by atoms with Crippen LogP contribution in [0.3, 0.4) is 0 Å². The van der Waals surface area contributed by atoms with Crippen LogP contribution in [0.25, 0.3) is 0 Å². The van der Waals surface area contributed by atoms with Crippen LogP contribution in [0.4, 0.5) is 0 Å². The lowest BCUT2D eigenvalue weighted by Gasteiger charge is -2.02. The Kier molecular flexibility index (Phi) is 15.0. The van der Waals surface area contributed by atoms with Gasteiger partial charge >= 0.3 is 11.9 Å². The Bertz CT molecular complexity index is 180. The van der Waals surface area contributed by atoms with E-state index < -0.39 is 5.97 Å². The van der Waals surface area contributed by atoms with Crippen molar-refractivity contribution in [2.75, 3.05) is 26.4 Å². The summed E-state index contributed by atoms with van der Waals surface area (Å²) in [7, 11) is 0. The third-order valence-corrected chi connectivity index (χ3v) is 1.32. The van der Waals surface area contributed by atoms with Crippen LogP contribution in [0, 0.1) is 0 Å². The Morgan fingerprint density at radius 3 is 2.00 bits per heavy atom. The highest BCUT2D eigenvalue weighted by Crippen LogP contribution is 1.84. The molecule has 2 N–H and O–H groups in total. The Balaban J connectivity index is 0. The van der Waals surface area contributed by atoms with E-state index in [0.717, 1.165) is 0 Å². The molecule has 6 nitrogen and oxygen atoms in total. The summed E-state index contributed by atoms with van der Waals surface area (Å²) in [6.45, 7) is 4.25.